The van der Waals surface area contributed by atoms with E-state index in [2.05, 4.69) is 23.3 Å². The number of thiol groups is 2. The predicted octanol–water partition coefficient (Wildman–Crippen LogP) is 1.21. The number of hydrogen-bond donors (Lipinski definition) is 2. The van der Waals surface area contributed by atoms with Crippen LogP contribution in [-0.2, 0) is 0 Å². The molecule has 0 aromatic rings. The van der Waals surface area contributed by atoms with Gasteiger partial charge in [0, 0.05) is 1.43 Å². The third-order valence-electron chi connectivity index (χ3n) is 0. The minimum absolute atomic E-state index is 0. The van der Waals surface area contributed by atoms with Crippen molar-refractivity contribution in [3.8, 4) is 0 Å². The predicted molar refractivity (Wildman–Crippen MR) is 35.0 cm³/mol. The van der Waals surface area contributed by atoms with Crippen molar-refractivity contribution in [2.45, 2.75) is 13.8 Å². The summed E-state index contributed by atoms with van der Waals surface area (Å²) in [5, 5.41) is 0. The van der Waals surface area contributed by atoms with Crippen molar-refractivity contribution < 1.29 is 6.90 Å². The van der Waals surface area contributed by atoms with Crippen molar-refractivity contribution >= 4 is 23.3 Å². The molecule has 0 fully saturated rings. The second-order valence-electron chi connectivity index (χ2n) is 0. The maximum atomic E-state index is 3.22. The zero-order chi connectivity index (χ0) is 4.00. The van der Waals surface area contributed by atoms with Gasteiger partial charge in [0.15, 0.2) is 0 Å². The topological polar surface area (TPSA) is 31.5 Å². The molecule has 0 aliphatic rings. The summed E-state index contributed by atoms with van der Waals surface area (Å²) in [6.07, 6.45) is 0. The van der Waals surface area contributed by atoms with Crippen molar-refractivity contribution in [1.82, 2.24) is 0 Å². The molecule has 0 heterocycles. The first-order valence-corrected chi connectivity index (χ1v) is 2.80. The molecule has 2 N–H and O–H groups in total. The maximum absolute atomic E-state index is 3.22. The molecule has 5 heavy (non-hydrogen) atoms. The lowest BCUT2D eigenvalue weighted by atomic mass is 11.0. The summed E-state index contributed by atoms with van der Waals surface area (Å²) >= 11 is 6.44. The molecule has 0 bridgehead atoms. The Labute approximate surface area is 44.8 Å². The van der Waals surface area contributed by atoms with Crippen LogP contribution < -0.4 is 0 Å². The molecule has 0 amide bonds. The highest BCUT2D eigenvalue weighted by Gasteiger charge is 0.932. The van der Waals surface area contributed by atoms with E-state index in [-0.39, 0.29) is 6.90 Å². The van der Waals surface area contributed by atoms with Gasteiger partial charge >= 0.3 is 0 Å². The molecule has 0 saturated heterocycles. The van der Waals surface area contributed by atoms with Gasteiger partial charge in [-0.1, -0.05) is 13.8 Å². The molecule has 0 aromatic carbocycles. The van der Waals surface area contributed by atoms with E-state index in [1.165, 1.54) is 0 Å². The van der Waals surface area contributed by atoms with Crippen LogP contribution in [0.25, 0.3) is 0 Å². The van der Waals surface area contributed by atoms with Crippen LogP contribution in [0.2, 0.25) is 0 Å². The van der Waals surface area contributed by atoms with Crippen molar-refractivity contribution in [3.63, 3.8) is 0 Å². The van der Waals surface area contributed by atoms with Crippen LogP contribution in [-0.4, -0.2) is 5.48 Å². The Balaban J connectivity index is -0.00000000500. The minimum Gasteiger partial charge on any atom is -0.412 e. The molecule has 0 saturated carbocycles. The van der Waals surface area contributed by atoms with E-state index < -0.39 is 0 Å². The molecule has 3 heteroatoms. The summed E-state index contributed by atoms with van der Waals surface area (Å²) in [7, 11) is 0. The fourth-order valence-corrected chi connectivity index (χ4v) is 0. The highest BCUT2D eigenvalue weighted by molar-refractivity contribution is 8.59. The van der Waals surface area contributed by atoms with Gasteiger partial charge in [0.1, 0.15) is 0 Å². The van der Waals surface area contributed by atoms with Crippen molar-refractivity contribution in [2.75, 3.05) is 0 Å². The average molecular weight is 116 g/mol. The molecule has 0 aromatic heterocycles. The van der Waals surface area contributed by atoms with Crippen LogP contribution in [0.1, 0.15) is 15.3 Å². The standard InChI is InChI=1S/C2H6.H2O.H2S2.H2/c1-2;;1-2;/h1-2H3;1H2;1-2H;1H. The molecule has 0 aliphatic carbocycles. The van der Waals surface area contributed by atoms with E-state index in [0.29, 0.717) is 0 Å². The van der Waals surface area contributed by atoms with Crippen LogP contribution in [0.4, 0.5) is 0 Å². The quantitative estimate of drug-likeness (QED) is 0.352. The second-order valence-corrected chi connectivity index (χ2v) is 0. The normalized spacial score (nSPS) is 2.40. The van der Waals surface area contributed by atoms with Gasteiger partial charge in [0.25, 0.3) is 0 Å². The third-order valence-corrected chi connectivity index (χ3v) is 0. The zero-order valence-electron chi connectivity index (χ0n) is 3.39. The maximum Gasteiger partial charge on any atom is 0 e. The molecule has 0 aliphatic heterocycles. The zero-order valence-corrected chi connectivity index (χ0v) is 5.18. The first-order chi connectivity index (χ1) is 2.00. The molecule has 1 nitrogen and oxygen atoms in total. The molecular formula is C2H12OS2. The van der Waals surface area contributed by atoms with E-state index >= 15 is 0 Å². The lowest BCUT2D eigenvalue weighted by molar-refractivity contribution is 0.824. The van der Waals surface area contributed by atoms with Gasteiger partial charge in [0.2, 0.25) is 0 Å². The van der Waals surface area contributed by atoms with E-state index in [9.17, 15) is 0 Å². The van der Waals surface area contributed by atoms with E-state index in [0.717, 1.165) is 0 Å². The average Bonchev–Trinajstić information content (AvgIpc) is 1.50. The van der Waals surface area contributed by atoms with Crippen LogP contribution in [0.15, 0.2) is 0 Å². The van der Waals surface area contributed by atoms with Gasteiger partial charge in [-0.3, -0.25) is 0 Å². The Kier molecular flexibility index (Phi) is 498. The smallest absolute Gasteiger partial charge is 0 e. The van der Waals surface area contributed by atoms with Crippen LogP contribution in [0, 0.1) is 0 Å². The lowest BCUT2D eigenvalue weighted by Crippen LogP contribution is -0.856. The van der Waals surface area contributed by atoms with Gasteiger partial charge in [0.05, 0.1) is 0 Å². The molecule has 0 radical (unpaired) electrons. The molecule has 0 rings (SSSR count). The van der Waals surface area contributed by atoms with Gasteiger partial charge < -0.3 is 5.48 Å². The lowest BCUT2D eigenvalue weighted by Gasteiger charge is -1.11. The fourth-order valence-electron chi connectivity index (χ4n) is 0. The Morgan fingerprint density at radius 2 is 1.20 bits per heavy atom. The Morgan fingerprint density at radius 1 is 1.20 bits per heavy atom. The highest BCUT2D eigenvalue weighted by Crippen LogP contribution is 1.65. The summed E-state index contributed by atoms with van der Waals surface area (Å²) < 4.78 is 0. The third kappa shape index (κ3) is 75.7. The first-order valence-electron chi connectivity index (χ1n) is 1.20. The molecule has 0 spiro atoms. The fraction of sp³-hybridized carbons (Fsp3) is 1.00. The van der Waals surface area contributed by atoms with E-state index in [1.807, 2.05) is 13.8 Å². The minimum atomic E-state index is 0. The van der Waals surface area contributed by atoms with Crippen molar-refractivity contribution in [3.05, 3.63) is 0 Å². The highest BCUT2D eigenvalue weighted by atomic mass is 33.1. The monoisotopic (exact) mass is 116 g/mol. The first kappa shape index (κ1) is 17.4. The van der Waals surface area contributed by atoms with Crippen molar-refractivity contribution in [2.24, 2.45) is 0 Å². The van der Waals surface area contributed by atoms with E-state index in [1.54, 1.807) is 0 Å². The molecule has 0 unspecified atom stereocenters. The molecular weight excluding hydrogens is 104 g/mol. The summed E-state index contributed by atoms with van der Waals surface area (Å²) in [5.74, 6) is 0. The van der Waals surface area contributed by atoms with Gasteiger partial charge in [-0.05, 0) is 0 Å². The summed E-state index contributed by atoms with van der Waals surface area (Å²) in [6, 6.07) is 0. The van der Waals surface area contributed by atoms with E-state index in [4.69, 9.17) is 0 Å². The number of rotatable bonds is 0. The molecule has 0 atom stereocenters. The summed E-state index contributed by atoms with van der Waals surface area (Å²) in [5.41, 5.74) is 0. The largest absolute Gasteiger partial charge is 0.412 e. The molecule has 38 valence electrons. The van der Waals surface area contributed by atoms with Gasteiger partial charge in [-0.25, -0.2) is 0 Å². The Morgan fingerprint density at radius 3 is 1.20 bits per heavy atom. The van der Waals surface area contributed by atoms with Gasteiger partial charge in [-0.15, -0.1) is 23.3 Å². The summed E-state index contributed by atoms with van der Waals surface area (Å²) in [4.78, 5) is 0. The Bertz CT molecular complexity index is 11.5. The van der Waals surface area contributed by atoms with Crippen LogP contribution >= 0.6 is 23.3 Å². The SMILES string of the molecule is CC.O.SS.[HH]. The number of hydrogen-bond acceptors (Lipinski definition) is 2. The second kappa shape index (κ2) is 143. The Hall–Kier alpha value is 0.660. The van der Waals surface area contributed by atoms with Crippen LogP contribution in [0.3, 0.4) is 0 Å². The summed E-state index contributed by atoms with van der Waals surface area (Å²) in [6.45, 7) is 4.00. The van der Waals surface area contributed by atoms with Crippen LogP contribution in [0.5, 0.6) is 0 Å². The van der Waals surface area contributed by atoms with Gasteiger partial charge in [-0.2, -0.15) is 0 Å². The van der Waals surface area contributed by atoms with Crippen molar-refractivity contribution in [1.29, 1.82) is 0 Å².